The fourth-order valence-corrected chi connectivity index (χ4v) is 3.21. The molecule has 6 heteroatoms. The summed E-state index contributed by atoms with van der Waals surface area (Å²) in [6.07, 6.45) is 3.68. The van der Waals surface area contributed by atoms with Gasteiger partial charge in [0.1, 0.15) is 23.2 Å². The second-order valence-corrected chi connectivity index (χ2v) is 7.26. The second-order valence-electron chi connectivity index (χ2n) is 7.26. The monoisotopic (exact) mass is 418 g/mol. The van der Waals surface area contributed by atoms with Crippen LogP contribution in [0.15, 0.2) is 65.3 Å². The topological polar surface area (TPSA) is 70.4 Å². The lowest BCUT2D eigenvalue weighted by Crippen LogP contribution is -2.42. The standard InChI is InChI=1S/C25H23FN2O3/c1-3-4-13-31-21-11-7-18(8-12-21)14-22-17(2)23(15-27)25(30)28(24(22)29)16-19-5-9-20(26)10-6-19/h5-12,14H,3-4,13,16H2,1-2H3/b22-14+. The van der Waals surface area contributed by atoms with Crippen LogP contribution < -0.4 is 4.74 Å². The number of hydrogen-bond acceptors (Lipinski definition) is 4. The van der Waals surface area contributed by atoms with Crippen LogP contribution in [0.4, 0.5) is 4.39 Å². The van der Waals surface area contributed by atoms with Crippen molar-refractivity contribution in [3.05, 3.63) is 82.2 Å². The molecule has 2 aromatic rings. The molecule has 158 valence electrons. The van der Waals surface area contributed by atoms with Crippen LogP contribution in [0.1, 0.15) is 37.8 Å². The Morgan fingerprint density at radius 1 is 1.06 bits per heavy atom. The fourth-order valence-electron chi connectivity index (χ4n) is 3.21. The van der Waals surface area contributed by atoms with Gasteiger partial charge in [-0.05, 0) is 60.4 Å². The van der Waals surface area contributed by atoms with E-state index in [0.29, 0.717) is 17.7 Å². The molecule has 1 aliphatic rings. The van der Waals surface area contributed by atoms with Crippen molar-refractivity contribution >= 4 is 17.9 Å². The van der Waals surface area contributed by atoms with Crippen LogP contribution >= 0.6 is 0 Å². The number of halogens is 1. The molecule has 0 spiro atoms. The van der Waals surface area contributed by atoms with Gasteiger partial charge in [-0.25, -0.2) is 4.39 Å². The molecule has 0 aromatic heterocycles. The molecule has 0 saturated carbocycles. The number of unbranched alkanes of at least 4 members (excludes halogenated alkanes) is 1. The number of carbonyl (C=O) groups excluding carboxylic acids is 2. The van der Waals surface area contributed by atoms with E-state index in [9.17, 15) is 19.2 Å². The summed E-state index contributed by atoms with van der Waals surface area (Å²) in [6, 6.07) is 14.7. The van der Waals surface area contributed by atoms with Crippen molar-refractivity contribution in [2.24, 2.45) is 0 Å². The first-order valence-electron chi connectivity index (χ1n) is 10.1. The van der Waals surface area contributed by atoms with Crippen LogP contribution in [-0.4, -0.2) is 23.3 Å². The number of ether oxygens (including phenoxy) is 1. The minimum atomic E-state index is -0.647. The van der Waals surface area contributed by atoms with Crippen molar-refractivity contribution < 1.29 is 18.7 Å². The Balaban J connectivity index is 1.90. The van der Waals surface area contributed by atoms with E-state index in [1.807, 2.05) is 30.3 Å². The van der Waals surface area contributed by atoms with Gasteiger partial charge >= 0.3 is 0 Å². The molecule has 0 saturated heterocycles. The third kappa shape index (κ3) is 5.07. The molecule has 0 unspecified atom stereocenters. The summed E-state index contributed by atoms with van der Waals surface area (Å²) in [5, 5.41) is 9.50. The number of nitrogens with zero attached hydrogens (tertiary/aromatic N) is 2. The average molecular weight is 418 g/mol. The predicted molar refractivity (Wildman–Crippen MR) is 115 cm³/mol. The minimum Gasteiger partial charge on any atom is -0.494 e. The normalized spacial score (nSPS) is 15.4. The van der Waals surface area contributed by atoms with Gasteiger partial charge in [-0.15, -0.1) is 0 Å². The molecule has 5 nitrogen and oxygen atoms in total. The Hall–Kier alpha value is -3.72. The number of amides is 2. The second kappa shape index (κ2) is 9.86. The zero-order chi connectivity index (χ0) is 22.4. The van der Waals surface area contributed by atoms with E-state index in [-0.39, 0.29) is 17.7 Å². The number of hydrogen-bond donors (Lipinski definition) is 0. The fraction of sp³-hybridized carbons (Fsp3) is 0.240. The van der Waals surface area contributed by atoms with Crippen LogP contribution in [-0.2, 0) is 16.1 Å². The summed E-state index contributed by atoms with van der Waals surface area (Å²) >= 11 is 0. The Morgan fingerprint density at radius 2 is 1.74 bits per heavy atom. The summed E-state index contributed by atoms with van der Waals surface area (Å²) in [6.45, 7) is 4.29. The quantitative estimate of drug-likeness (QED) is 0.368. The van der Waals surface area contributed by atoms with Gasteiger partial charge in [-0.2, -0.15) is 5.26 Å². The number of imide groups is 1. The van der Waals surface area contributed by atoms with Gasteiger partial charge < -0.3 is 4.74 Å². The van der Waals surface area contributed by atoms with Crippen LogP contribution in [0.5, 0.6) is 5.75 Å². The molecular weight excluding hydrogens is 395 g/mol. The third-order valence-corrected chi connectivity index (χ3v) is 5.04. The van der Waals surface area contributed by atoms with E-state index < -0.39 is 17.6 Å². The highest BCUT2D eigenvalue weighted by Crippen LogP contribution is 2.28. The molecule has 0 bridgehead atoms. The van der Waals surface area contributed by atoms with Crippen molar-refractivity contribution in [1.29, 1.82) is 5.26 Å². The van der Waals surface area contributed by atoms with Crippen molar-refractivity contribution in [2.75, 3.05) is 6.61 Å². The number of carbonyl (C=O) groups is 2. The number of rotatable bonds is 7. The maximum Gasteiger partial charge on any atom is 0.271 e. The highest BCUT2D eigenvalue weighted by Gasteiger charge is 2.35. The van der Waals surface area contributed by atoms with Gasteiger partial charge in [0.05, 0.1) is 13.2 Å². The molecular formula is C25H23FN2O3. The summed E-state index contributed by atoms with van der Waals surface area (Å²) < 4.78 is 18.8. The Labute approximate surface area is 181 Å². The average Bonchev–Trinajstić information content (AvgIpc) is 2.77. The molecule has 0 fully saturated rings. The van der Waals surface area contributed by atoms with Gasteiger partial charge in [-0.1, -0.05) is 37.6 Å². The van der Waals surface area contributed by atoms with Gasteiger partial charge in [0.2, 0.25) is 0 Å². The van der Waals surface area contributed by atoms with Crippen molar-refractivity contribution in [3.63, 3.8) is 0 Å². The molecule has 31 heavy (non-hydrogen) atoms. The predicted octanol–water partition coefficient (Wildman–Crippen LogP) is 4.80. The first-order chi connectivity index (χ1) is 14.9. The van der Waals surface area contributed by atoms with E-state index in [2.05, 4.69) is 6.92 Å². The Morgan fingerprint density at radius 3 is 2.35 bits per heavy atom. The first-order valence-corrected chi connectivity index (χ1v) is 10.1. The summed E-state index contributed by atoms with van der Waals surface area (Å²) in [4.78, 5) is 26.9. The number of nitriles is 1. The van der Waals surface area contributed by atoms with Crippen LogP contribution in [0, 0.1) is 17.1 Å². The Kier molecular flexibility index (Phi) is 6.99. The smallest absolute Gasteiger partial charge is 0.271 e. The van der Waals surface area contributed by atoms with E-state index in [1.165, 1.54) is 24.3 Å². The zero-order valence-electron chi connectivity index (χ0n) is 17.5. The van der Waals surface area contributed by atoms with E-state index in [0.717, 1.165) is 29.1 Å². The molecule has 0 N–H and O–H groups in total. The van der Waals surface area contributed by atoms with Crippen molar-refractivity contribution in [1.82, 2.24) is 4.90 Å². The van der Waals surface area contributed by atoms with Crippen LogP contribution in [0.3, 0.4) is 0 Å². The lowest BCUT2D eigenvalue weighted by molar-refractivity contribution is -0.141. The van der Waals surface area contributed by atoms with Crippen molar-refractivity contribution in [2.45, 2.75) is 33.2 Å². The number of benzene rings is 2. The molecule has 0 atom stereocenters. The van der Waals surface area contributed by atoms with Gasteiger partial charge in [0.25, 0.3) is 11.8 Å². The zero-order valence-corrected chi connectivity index (χ0v) is 17.5. The van der Waals surface area contributed by atoms with Gasteiger partial charge in [0.15, 0.2) is 0 Å². The first kappa shape index (κ1) is 22.0. The maximum absolute atomic E-state index is 13.2. The molecule has 2 amide bonds. The highest BCUT2D eigenvalue weighted by atomic mass is 19.1. The maximum atomic E-state index is 13.2. The van der Waals surface area contributed by atoms with E-state index in [1.54, 1.807) is 13.0 Å². The van der Waals surface area contributed by atoms with Crippen LogP contribution in [0.25, 0.3) is 6.08 Å². The van der Waals surface area contributed by atoms with E-state index >= 15 is 0 Å². The SMILES string of the molecule is CCCCOc1ccc(/C=C2/C(=O)N(Cc3ccc(F)cc3)C(=O)C(C#N)=C2C)cc1. The van der Waals surface area contributed by atoms with Gasteiger partial charge in [0, 0.05) is 5.57 Å². The molecule has 1 aliphatic heterocycles. The largest absolute Gasteiger partial charge is 0.494 e. The highest BCUT2D eigenvalue weighted by molar-refractivity contribution is 6.19. The molecule has 1 heterocycles. The lowest BCUT2D eigenvalue weighted by Gasteiger charge is -2.27. The third-order valence-electron chi connectivity index (χ3n) is 5.04. The lowest BCUT2D eigenvalue weighted by atomic mass is 9.93. The van der Waals surface area contributed by atoms with Crippen LogP contribution in [0.2, 0.25) is 0 Å². The summed E-state index contributed by atoms with van der Waals surface area (Å²) in [7, 11) is 0. The molecule has 0 aliphatic carbocycles. The molecule has 2 aromatic carbocycles. The Bertz CT molecular complexity index is 1080. The summed E-state index contributed by atoms with van der Waals surface area (Å²) in [5.74, 6) is -0.805. The molecule has 3 rings (SSSR count). The molecule has 0 radical (unpaired) electrons. The van der Waals surface area contributed by atoms with Crippen molar-refractivity contribution in [3.8, 4) is 11.8 Å². The minimum absolute atomic E-state index is 0.0437. The van der Waals surface area contributed by atoms with E-state index in [4.69, 9.17) is 4.74 Å². The van der Waals surface area contributed by atoms with Gasteiger partial charge in [-0.3, -0.25) is 14.5 Å². The summed E-state index contributed by atoms with van der Waals surface area (Å²) in [5.41, 5.74) is 1.88.